The molecule has 0 spiro atoms. The van der Waals surface area contributed by atoms with Gasteiger partial charge in [0, 0.05) is 16.8 Å². The van der Waals surface area contributed by atoms with Gasteiger partial charge >= 0.3 is 0 Å². The number of para-hydroxylation sites is 1. The van der Waals surface area contributed by atoms with Gasteiger partial charge in [0.05, 0.1) is 0 Å². The van der Waals surface area contributed by atoms with Crippen LogP contribution >= 0.6 is 11.6 Å². The molecule has 1 heterocycles. The highest BCUT2D eigenvalue weighted by Crippen LogP contribution is 2.33. The van der Waals surface area contributed by atoms with Gasteiger partial charge in [-0.25, -0.2) is 0 Å². The summed E-state index contributed by atoms with van der Waals surface area (Å²) in [5.74, 6) is 0.628. The lowest BCUT2D eigenvalue weighted by Crippen LogP contribution is -2.44. The lowest BCUT2D eigenvalue weighted by Gasteiger charge is -2.27. The molecule has 0 radical (unpaired) electrons. The van der Waals surface area contributed by atoms with Crippen molar-refractivity contribution >= 4 is 23.2 Å². The Morgan fingerprint density at radius 1 is 1.30 bits per heavy atom. The molecule has 0 fully saturated rings. The molecule has 1 aliphatic heterocycles. The van der Waals surface area contributed by atoms with E-state index in [0.29, 0.717) is 17.2 Å². The summed E-state index contributed by atoms with van der Waals surface area (Å²) >= 11 is 5.99. The zero-order valence-electron chi connectivity index (χ0n) is 13.3. The van der Waals surface area contributed by atoms with Crippen molar-refractivity contribution in [1.82, 2.24) is 0 Å². The number of hydrogen-bond donors (Lipinski definition) is 0. The average Bonchev–Trinajstić information content (AvgIpc) is 2.87. The van der Waals surface area contributed by atoms with E-state index in [1.54, 1.807) is 12.1 Å². The lowest BCUT2D eigenvalue weighted by molar-refractivity contribution is -0.125. The topological polar surface area (TPSA) is 29.5 Å². The molecule has 0 unspecified atom stereocenters. The summed E-state index contributed by atoms with van der Waals surface area (Å²) in [6.45, 7) is 4.03. The van der Waals surface area contributed by atoms with Crippen LogP contribution in [0.1, 0.15) is 25.8 Å². The van der Waals surface area contributed by atoms with Crippen LogP contribution in [0.2, 0.25) is 5.02 Å². The first-order chi connectivity index (χ1) is 11.1. The number of benzene rings is 2. The minimum absolute atomic E-state index is 0.00456. The highest BCUT2D eigenvalue weighted by Gasteiger charge is 2.34. The van der Waals surface area contributed by atoms with Crippen LogP contribution in [0.3, 0.4) is 0 Å². The molecule has 0 bridgehead atoms. The molecule has 0 saturated heterocycles. The van der Waals surface area contributed by atoms with Crippen LogP contribution in [-0.4, -0.2) is 18.1 Å². The molecule has 0 saturated carbocycles. The van der Waals surface area contributed by atoms with Crippen LogP contribution in [0.25, 0.3) is 0 Å². The van der Waals surface area contributed by atoms with Gasteiger partial charge in [-0.05, 0) is 49.6 Å². The summed E-state index contributed by atoms with van der Waals surface area (Å²) in [6, 6.07) is 15.4. The highest BCUT2D eigenvalue weighted by molar-refractivity contribution is 6.30. The molecule has 3 rings (SSSR count). The Kier molecular flexibility index (Phi) is 4.58. The summed E-state index contributed by atoms with van der Waals surface area (Å²) in [7, 11) is 0. The number of nitrogens with zero attached hydrogens (tertiary/aromatic N) is 1. The van der Waals surface area contributed by atoms with Crippen LogP contribution < -0.4 is 9.64 Å². The van der Waals surface area contributed by atoms with Crippen LogP contribution in [0.15, 0.2) is 48.5 Å². The van der Waals surface area contributed by atoms with Crippen LogP contribution in [0.4, 0.5) is 5.69 Å². The van der Waals surface area contributed by atoms with E-state index in [9.17, 15) is 4.79 Å². The number of amides is 1. The third kappa shape index (κ3) is 3.20. The van der Waals surface area contributed by atoms with Gasteiger partial charge in [0.15, 0.2) is 6.10 Å². The fourth-order valence-corrected chi connectivity index (χ4v) is 3.25. The third-order valence-electron chi connectivity index (χ3n) is 4.17. The maximum absolute atomic E-state index is 13.0. The highest BCUT2D eigenvalue weighted by atomic mass is 35.5. The van der Waals surface area contributed by atoms with Crippen molar-refractivity contribution in [3.63, 3.8) is 0 Å². The molecule has 0 aliphatic carbocycles. The smallest absolute Gasteiger partial charge is 0.268 e. The Morgan fingerprint density at radius 2 is 2.09 bits per heavy atom. The zero-order chi connectivity index (χ0) is 16.4. The molecule has 0 N–H and O–H groups in total. The molecule has 4 heteroatoms. The monoisotopic (exact) mass is 329 g/mol. The average molecular weight is 330 g/mol. The Bertz CT molecular complexity index is 716. The molecule has 2 atom stereocenters. The molecule has 23 heavy (non-hydrogen) atoms. The summed E-state index contributed by atoms with van der Waals surface area (Å²) in [5, 5.41) is 0.602. The second kappa shape index (κ2) is 6.63. The Labute approximate surface area is 141 Å². The SMILES string of the molecule is CC[C@H](Oc1cccc(Cl)c1)C(=O)N1c2ccccc2C[C@@H]1C. The van der Waals surface area contributed by atoms with Gasteiger partial charge in [0.1, 0.15) is 5.75 Å². The third-order valence-corrected chi connectivity index (χ3v) is 4.40. The van der Waals surface area contributed by atoms with E-state index in [0.717, 1.165) is 12.1 Å². The van der Waals surface area contributed by atoms with Gasteiger partial charge in [-0.1, -0.05) is 42.8 Å². The van der Waals surface area contributed by atoms with Crippen molar-refractivity contribution in [3.05, 3.63) is 59.1 Å². The standard InChI is InChI=1S/C19H20ClNO2/c1-3-18(23-16-9-6-8-15(20)12-16)19(22)21-13(2)11-14-7-4-5-10-17(14)21/h4-10,12-13,18H,3,11H2,1-2H3/t13-,18-/m0/s1. The molecule has 2 aromatic carbocycles. The first kappa shape index (κ1) is 15.9. The summed E-state index contributed by atoms with van der Waals surface area (Å²) < 4.78 is 5.91. The fraction of sp³-hybridized carbons (Fsp3) is 0.316. The first-order valence-electron chi connectivity index (χ1n) is 7.93. The molecule has 120 valence electrons. The quantitative estimate of drug-likeness (QED) is 0.828. The lowest BCUT2D eigenvalue weighted by atomic mass is 10.1. The molecule has 3 nitrogen and oxygen atoms in total. The predicted octanol–water partition coefficient (Wildman–Crippen LogP) is 4.48. The largest absolute Gasteiger partial charge is 0.481 e. The molecule has 0 aromatic heterocycles. The first-order valence-corrected chi connectivity index (χ1v) is 8.31. The summed E-state index contributed by atoms with van der Waals surface area (Å²) in [5.41, 5.74) is 2.21. The normalized spacial score (nSPS) is 17.7. The number of carbonyl (C=O) groups excluding carboxylic acids is 1. The van der Waals surface area contributed by atoms with E-state index in [-0.39, 0.29) is 11.9 Å². The molecule has 2 aromatic rings. The van der Waals surface area contributed by atoms with E-state index >= 15 is 0 Å². The molecule has 1 amide bonds. The zero-order valence-corrected chi connectivity index (χ0v) is 14.1. The molecular weight excluding hydrogens is 310 g/mol. The maximum atomic E-state index is 13.0. The summed E-state index contributed by atoms with van der Waals surface area (Å²) in [6.07, 6.45) is 0.980. The van der Waals surface area contributed by atoms with E-state index in [1.165, 1.54) is 5.56 Å². The number of ether oxygens (including phenoxy) is 1. The fourth-order valence-electron chi connectivity index (χ4n) is 3.07. The molecular formula is C19H20ClNO2. The van der Waals surface area contributed by atoms with Crippen molar-refractivity contribution < 1.29 is 9.53 Å². The van der Waals surface area contributed by atoms with Gasteiger partial charge < -0.3 is 9.64 Å². The Hall–Kier alpha value is -2.00. The van der Waals surface area contributed by atoms with Crippen molar-refractivity contribution in [2.75, 3.05) is 4.90 Å². The van der Waals surface area contributed by atoms with Crippen molar-refractivity contribution in [3.8, 4) is 5.75 Å². The summed E-state index contributed by atoms with van der Waals surface area (Å²) in [4.78, 5) is 14.9. The Morgan fingerprint density at radius 3 is 2.83 bits per heavy atom. The number of rotatable bonds is 4. The number of hydrogen-bond acceptors (Lipinski definition) is 2. The van der Waals surface area contributed by atoms with Gasteiger partial charge in [0.25, 0.3) is 5.91 Å². The predicted molar refractivity (Wildman–Crippen MR) is 93.3 cm³/mol. The van der Waals surface area contributed by atoms with Crippen molar-refractivity contribution in [2.45, 2.75) is 38.8 Å². The van der Waals surface area contributed by atoms with Crippen molar-refractivity contribution in [2.24, 2.45) is 0 Å². The van der Waals surface area contributed by atoms with E-state index in [2.05, 4.69) is 13.0 Å². The van der Waals surface area contributed by atoms with Gasteiger partial charge in [-0.15, -0.1) is 0 Å². The van der Waals surface area contributed by atoms with Gasteiger partial charge in [-0.2, -0.15) is 0 Å². The number of halogens is 1. The van der Waals surface area contributed by atoms with E-state index < -0.39 is 6.10 Å². The minimum atomic E-state index is -0.512. The minimum Gasteiger partial charge on any atom is -0.481 e. The Balaban J connectivity index is 1.83. The second-order valence-electron chi connectivity index (χ2n) is 5.86. The number of anilines is 1. The van der Waals surface area contributed by atoms with Crippen molar-refractivity contribution in [1.29, 1.82) is 0 Å². The number of fused-ring (bicyclic) bond motifs is 1. The van der Waals surface area contributed by atoms with Crippen LogP contribution in [0.5, 0.6) is 5.75 Å². The second-order valence-corrected chi connectivity index (χ2v) is 6.30. The molecule has 1 aliphatic rings. The van der Waals surface area contributed by atoms with Crippen LogP contribution in [-0.2, 0) is 11.2 Å². The van der Waals surface area contributed by atoms with E-state index in [1.807, 2.05) is 42.2 Å². The van der Waals surface area contributed by atoms with E-state index in [4.69, 9.17) is 16.3 Å². The van der Waals surface area contributed by atoms with Gasteiger partial charge in [0.2, 0.25) is 0 Å². The van der Waals surface area contributed by atoms with Gasteiger partial charge in [-0.3, -0.25) is 4.79 Å². The van der Waals surface area contributed by atoms with Crippen LogP contribution in [0, 0.1) is 0 Å². The number of carbonyl (C=O) groups is 1. The maximum Gasteiger partial charge on any atom is 0.268 e.